The fourth-order valence-electron chi connectivity index (χ4n) is 1.55. The lowest BCUT2D eigenvalue weighted by Crippen LogP contribution is -2.18. The average molecular weight is 220 g/mol. The Morgan fingerprint density at radius 2 is 2.38 bits per heavy atom. The van der Waals surface area contributed by atoms with Gasteiger partial charge in [-0.2, -0.15) is 0 Å². The van der Waals surface area contributed by atoms with Gasteiger partial charge in [-0.25, -0.2) is 15.0 Å². The van der Waals surface area contributed by atoms with E-state index >= 15 is 0 Å². The van der Waals surface area contributed by atoms with Gasteiger partial charge >= 0.3 is 5.97 Å². The molecule has 1 atom stereocenters. The highest BCUT2D eigenvalue weighted by atomic mass is 16.5. The number of carbonyl (C=O) groups is 1. The first-order chi connectivity index (χ1) is 7.66. The number of fused-ring (bicyclic) bond motifs is 1. The number of nitrogens with zero attached hydrogens (tertiary/aromatic N) is 4. The van der Waals surface area contributed by atoms with E-state index in [0.29, 0.717) is 12.2 Å². The van der Waals surface area contributed by atoms with Gasteiger partial charge in [-0.3, -0.25) is 4.79 Å². The molecule has 0 aliphatic carbocycles. The first kappa shape index (κ1) is 10.5. The van der Waals surface area contributed by atoms with Crippen molar-refractivity contribution >= 4 is 17.1 Å². The molecule has 0 aromatic carbocycles. The van der Waals surface area contributed by atoms with Crippen molar-refractivity contribution < 1.29 is 9.53 Å². The smallest absolute Gasteiger partial charge is 0.302 e. The molecule has 6 heteroatoms. The Labute approximate surface area is 92.3 Å². The molecule has 0 N–H and O–H groups in total. The zero-order valence-electron chi connectivity index (χ0n) is 9.12. The number of hydrogen-bond acceptors (Lipinski definition) is 5. The summed E-state index contributed by atoms with van der Waals surface area (Å²) in [5.41, 5.74) is 1.48. The Hall–Kier alpha value is -1.98. The maximum absolute atomic E-state index is 10.8. The van der Waals surface area contributed by atoms with E-state index in [1.165, 1.54) is 13.3 Å². The molecule has 0 fully saturated rings. The molecule has 2 rings (SSSR count). The molecule has 0 bridgehead atoms. The van der Waals surface area contributed by atoms with E-state index in [1.54, 1.807) is 12.5 Å². The molecule has 1 unspecified atom stereocenters. The molecule has 2 aromatic heterocycles. The van der Waals surface area contributed by atoms with Crippen molar-refractivity contribution in [2.24, 2.45) is 0 Å². The second kappa shape index (κ2) is 4.26. The Bertz CT molecular complexity index is 508. The highest BCUT2D eigenvalue weighted by Crippen LogP contribution is 2.09. The van der Waals surface area contributed by atoms with Gasteiger partial charge in [0.05, 0.1) is 19.1 Å². The van der Waals surface area contributed by atoms with Crippen molar-refractivity contribution in [1.29, 1.82) is 0 Å². The quantitative estimate of drug-likeness (QED) is 0.715. The van der Waals surface area contributed by atoms with E-state index in [2.05, 4.69) is 15.0 Å². The van der Waals surface area contributed by atoms with E-state index in [-0.39, 0.29) is 12.1 Å². The molecule has 0 spiro atoms. The predicted octanol–water partition coefficient (Wildman–Crippen LogP) is 0.778. The molecule has 2 heterocycles. The molecular weight excluding hydrogens is 208 g/mol. The van der Waals surface area contributed by atoms with Crippen LogP contribution in [0.1, 0.15) is 13.8 Å². The van der Waals surface area contributed by atoms with Crippen molar-refractivity contribution in [3.8, 4) is 0 Å². The lowest BCUT2D eigenvalue weighted by molar-refractivity contribution is -0.145. The molecular formula is C10H12N4O2. The Morgan fingerprint density at radius 1 is 1.56 bits per heavy atom. The molecule has 2 aromatic rings. The highest BCUT2D eigenvalue weighted by Gasteiger charge is 2.09. The highest BCUT2D eigenvalue weighted by molar-refractivity contribution is 5.69. The van der Waals surface area contributed by atoms with Crippen LogP contribution in [0.15, 0.2) is 18.9 Å². The Morgan fingerprint density at radius 3 is 3.12 bits per heavy atom. The largest absolute Gasteiger partial charge is 0.461 e. The van der Waals surface area contributed by atoms with Gasteiger partial charge in [-0.15, -0.1) is 0 Å². The normalized spacial score (nSPS) is 12.6. The molecule has 0 radical (unpaired) electrons. The molecule has 6 nitrogen and oxygen atoms in total. The van der Waals surface area contributed by atoms with Crippen LogP contribution in [0.4, 0.5) is 0 Å². The predicted molar refractivity (Wildman–Crippen MR) is 56.6 cm³/mol. The number of hydrogen-bond donors (Lipinski definition) is 0. The van der Waals surface area contributed by atoms with Crippen molar-refractivity contribution in [1.82, 2.24) is 19.5 Å². The molecule has 0 aliphatic rings. The zero-order valence-corrected chi connectivity index (χ0v) is 9.12. The molecule has 16 heavy (non-hydrogen) atoms. The van der Waals surface area contributed by atoms with E-state index < -0.39 is 0 Å². The topological polar surface area (TPSA) is 69.9 Å². The number of esters is 1. The maximum Gasteiger partial charge on any atom is 0.302 e. The third-order valence-corrected chi connectivity index (χ3v) is 2.12. The van der Waals surface area contributed by atoms with Crippen LogP contribution in [0.3, 0.4) is 0 Å². The molecule has 0 amide bonds. The fourth-order valence-corrected chi connectivity index (χ4v) is 1.55. The van der Waals surface area contributed by atoms with Crippen LogP contribution < -0.4 is 0 Å². The van der Waals surface area contributed by atoms with Gasteiger partial charge < -0.3 is 9.30 Å². The van der Waals surface area contributed by atoms with Gasteiger partial charge in [0.1, 0.15) is 17.9 Å². The van der Waals surface area contributed by atoms with Gasteiger partial charge in [-0.1, -0.05) is 0 Å². The summed E-state index contributed by atoms with van der Waals surface area (Å²) in [7, 11) is 0. The Kier molecular flexibility index (Phi) is 2.80. The maximum atomic E-state index is 10.8. The van der Waals surface area contributed by atoms with Crippen LogP contribution in [0.25, 0.3) is 11.2 Å². The average Bonchev–Trinajstić information content (AvgIpc) is 2.61. The van der Waals surface area contributed by atoms with Crippen molar-refractivity contribution in [3.05, 3.63) is 18.9 Å². The monoisotopic (exact) mass is 220 g/mol. The minimum absolute atomic E-state index is 0.199. The number of imidazole rings is 1. The van der Waals surface area contributed by atoms with Gasteiger partial charge in [0.15, 0.2) is 5.65 Å². The minimum atomic E-state index is -0.284. The van der Waals surface area contributed by atoms with Crippen LogP contribution in [0, 0.1) is 0 Å². The SMILES string of the molecule is CC(=O)OC(C)Cn1cnc2ncncc21. The summed E-state index contributed by atoms with van der Waals surface area (Å²) >= 11 is 0. The van der Waals surface area contributed by atoms with Gasteiger partial charge in [-0.05, 0) is 6.92 Å². The second-order valence-electron chi connectivity index (χ2n) is 3.55. The lowest BCUT2D eigenvalue weighted by Gasteiger charge is -2.12. The van der Waals surface area contributed by atoms with Crippen LogP contribution in [0.2, 0.25) is 0 Å². The Balaban J connectivity index is 2.18. The van der Waals surface area contributed by atoms with E-state index in [4.69, 9.17) is 4.74 Å². The summed E-state index contributed by atoms with van der Waals surface area (Å²) in [6.07, 6.45) is 4.61. The number of rotatable bonds is 3. The van der Waals surface area contributed by atoms with Crippen molar-refractivity contribution in [2.45, 2.75) is 26.5 Å². The zero-order chi connectivity index (χ0) is 11.5. The van der Waals surface area contributed by atoms with Gasteiger partial charge in [0, 0.05) is 6.92 Å². The summed E-state index contributed by atoms with van der Waals surface area (Å²) < 4.78 is 6.91. The van der Waals surface area contributed by atoms with Crippen molar-refractivity contribution in [3.63, 3.8) is 0 Å². The van der Waals surface area contributed by atoms with Crippen LogP contribution in [0.5, 0.6) is 0 Å². The summed E-state index contributed by atoms with van der Waals surface area (Å²) in [5.74, 6) is -0.284. The summed E-state index contributed by atoms with van der Waals surface area (Å²) in [6, 6.07) is 0. The number of carbonyl (C=O) groups excluding carboxylic acids is 1. The number of ether oxygens (including phenoxy) is 1. The van der Waals surface area contributed by atoms with Gasteiger partial charge in [0.2, 0.25) is 0 Å². The van der Waals surface area contributed by atoms with E-state index in [1.807, 2.05) is 11.5 Å². The van der Waals surface area contributed by atoms with Crippen molar-refractivity contribution in [2.75, 3.05) is 0 Å². The van der Waals surface area contributed by atoms with Crippen LogP contribution >= 0.6 is 0 Å². The minimum Gasteiger partial charge on any atom is -0.461 e. The number of aromatic nitrogens is 4. The first-order valence-corrected chi connectivity index (χ1v) is 4.95. The summed E-state index contributed by atoms with van der Waals surface area (Å²) in [5, 5.41) is 0. The van der Waals surface area contributed by atoms with E-state index in [9.17, 15) is 4.79 Å². The fraction of sp³-hybridized carbons (Fsp3) is 0.400. The molecule has 0 saturated heterocycles. The standard InChI is InChI=1S/C10H12N4O2/c1-7(16-8(2)15)4-14-6-13-10-9(14)3-11-5-12-10/h3,5-7H,4H2,1-2H3. The van der Waals surface area contributed by atoms with Crippen LogP contribution in [-0.4, -0.2) is 31.6 Å². The third kappa shape index (κ3) is 2.16. The first-order valence-electron chi connectivity index (χ1n) is 4.95. The van der Waals surface area contributed by atoms with E-state index in [0.717, 1.165) is 5.52 Å². The molecule has 84 valence electrons. The molecule has 0 aliphatic heterocycles. The van der Waals surface area contributed by atoms with Crippen LogP contribution in [-0.2, 0) is 16.1 Å². The summed E-state index contributed by atoms with van der Waals surface area (Å²) in [4.78, 5) is 22.9. The summed E-state index contributed by atoms with van der Waals surface area (Å²) in [6.45, 7) is 3.77. The second-order valence-corrected chi connectivity index (χ2v) is 3.55. The lowest BCUT2D eigenvalue weighted by atomic mass is 10.4. The molecule has 0 saturated carbocycles. The van der Waals surface area contributed by atoms with Gasteiger partial charge in [0.25, 0.3) is 0 Å². The third-order valence-electron chi connectivity index (χ3n) is 2.12.